The molecule has 2 unspecified atom stereocenters. The Morgan fingerprint density at radius 3 is 2.41 bits per heavy atom. The van der Waals surface area contributed by atoms with E-state index < -0.39 is 0 Å². The van der Waals surface area contributed by atoms with Gasteiger partial charge in [-0.3, -0.25) is 0 Å². The second-order valence-corrected chi connectivity index (χ2v) is 5.27. The molecule has 1 aromatic carbocycles. The number of aryl methyl sites for hydroxylation is 1. The summed E-state index contributed by atoms with van der Waals surface area (Å²) in [5.41, 5.74) is 3.48. The van der Waals surface area contributed by atoms with Crippen LogP contribution in [0.4, 0.5) is 0 Å². The Labute approximate surface area is 106 Å². The van der Waals surface area contributed by atoms with Crippen LogP contribution in [0.3, 0.4) is 0 Å². The first-order chi connectivity index (χ1) is 8.26. The fourth-order valence-electron chi connectivity index (χ4n) is 3.03. The second-order valence-electron chi connectivity index (χ2n) is 5.27. The van der Waals surface area contributed by atoms with E-state index in [9.17, 15) is 0 Å². The van der Waals surface area contributed by atoms with E-state index in [2.05, 4.69) is 50.4 Å². The average Bonchev–Trinajstić information content (AvgIpc) is 3.11. The highest BCUT2D eigenvalue weighted by Crippen LogP contribution is 2.56. The molecule has 0 saturated heterocycles. The van der Waals surface area contributed by atoms with Crippen LogP contribution in [0.25, 0.3) is 0 Å². The lowest BCUT2D eigenvalue weighted by Crippen LogP contribution is -2.20. The van der Waals surface area contributed by atoms with Crippen molar-refractivity contribution < 1.29 is 0 Å². The number of hydrogen-bond acceptors (Lipinski definition) is 1. The summed E-state index contributed by atoms with van der Waals surface area (Å²) < 4.78 is 0. The molecule has 94 valence electrons. The highest BCUT2D eigenvalue weighted by Gasteiger charge is 2.52. The maximum absolute atomic E-state index is 3.49. The van der Waals surface area contributed by atoms with Gasteiger partial charge in [0.2, 0.25) is 0 Å². The third-order valence-corrected chi connectivity index (χ3v) is 4.44. The molecule has 0 aliphatic heterocycles. The topological polar surface area (TPSA) is 12.0 Å². The van der Waals surface area contributed by atoms with Crippen LogP contribution < -0.4 is 5.32 Å². The van der Waals surface area contributed by atoms with Gasteiger partial charge < -0.3 is 5.32 Å². The van der Waals surface area contributed by atoms with Crippen molar-refractivity contribution in [1.82, 2.24) is 5.32 Å². The van der Waals surface area contributed by atoms with Crippen molar-refractivity contribution in [3.05, 3.63) is 35.4 Å². The minimum atomic E-state index is 0.481. The van der Waals surface area contributed by atoms with Gasteiger partial charge in [0.15, 0.2) is 0 Å². The van der Waals surface area contributed by atoms with Crippen LogP contribution >= 0.6 is 0 Å². The SMILES string of the molecule is CCNCC1CC1(CC)c1ccc(CC)cc1. The predicted molar refractivity (Wildman–Crippen MR) is 74.4 cm³/mol. The lowest BCUT2D eigenvalue weighted by Gasteiger charge is -2.16. The van der Waals surface area contributed by atoms with E-state index in [1.54, 1.807) is 5.56 Å². The van der Waals surface area contributed by atoms with Gasteiger partial charge in [-0.25, -0.2) is 0 Å². The standard InChI is InChI=1S/C16H25N/c1-4-13-7-9-14(10-8-13)16(5-2)11-15(16)12-17-6-3/h7-10,15,17H,4-6,11-12H2,1-3H3. The molecule has 2 atom stereocenters. The molecule has 2 rings (SSSR count). The molecule has 0 heterocycles. The summed E-state index contributed by atoms with van der Waals surface area (Å²) in [6.45, 7) is 9.01. The van der Waals surface area contributed by atoms with Crippen LogP contribution in [0.5, 0.6) is 0 Å². The summed E-state index contributed by atoms with van der Waals surface area (Å²) in [7, 11) is 0. The van der Waals surface area contributed by atoms with Gasteiger partial charge in [-0.2, -0.15) is 0 Å². The molecule has 1 saturated carbocycles. The summed E-state index contributed by atoms with van der Waals surface area (Å²) in [4.78, 5) is 0. The van der Waals surface area contributed by atoms with Gasteiger partial charge in [-0.05, 0) is 54.8 Å². The molecule has 1 heteroatoms. The van der Waals surface area contributed by atoms with Gasteiger partial charge in [-0.15, -0.1) is 0 Å². The summed E-state index contributed by atoms with van der Waals surface area (Å²) in [5, 5.41) is 3.49. The van der Waals surface area contributed by atoms with Gasteiger partial charge in [-0.1, -0.05) is 45.0 Å². The van der Waals surface area contributed by atoms with E-state index in [0.29, 0.717) is 5.41 Å². The average molecular weight is 231 g/mol. The van der Waals surface area contributed by atoms with E-state index in [1.165, 1.54) is 24.9 Å². The largest absolute Gasteiger partial charge is 0.317 e. The lowest BCUT2D eigenvalue weighted by atomic mass is 9.89. The van der Waals surface area contributed by atoms with Crippen molar-refractivity contribution in [3.63, 3.8) is 0 Å². The number of rotatable bonds is 6. The molecule has 17 heavy (non-hydrogen) atoms. The van der Waals surface area contributed by atoms with E-state index in [0.717, 1.165) is 18.9 Å². The van der Waals surface area contributed by atoms with Crippen molar-refractivity contribution in [2.24, 2.45) is 5.92 Å². The monoisotopic (exact) mass is 231 g/mol. The zero-order valence-electron chi connectivity index (χ0n) is 11.4. The number of nitrogens with one attached hydrogen (secondary N) is 1. The predicted octanol–water partition coefficient (Wildman–Crippen LogP) is 3.53. The van der Waals surface area contributed by atoms with Crippen molar-refractivity contribution >= 4 is 0 Å². The molecule has 0 bridgehead atoms. The maximum atomic E-state index is 3.49. The van der Waals surface area contributed by atoms with Gasteiger partial charge in [0.1, 0.15) is 0 Å². The Balaban J connectivity index is 2.08. The Kier molecular flexibility index (Phi) is 3.88. The number of hydrogen-bond donors (Lipinski definition) is 1. The van der Waals surface area contributed by atoms with E-state index in [1.807, 2.05) is 0 Å². The highest BCUT2D eigenvalue weighted by molar-refractivity contribution is 5.35. The minimum absolute atomic E-state index is 0.481. The van der Waals surface area contributed by atoms with Crippen molar-refractivity contribution in [2.75, 3.05) is 13.1 Å². The smallest absolute Gasteiger partial charge is 0.000554 e. The first-order valence-electron chi connectivity index (χ1n) is 7.07. The summed E-state index contributed by atoms with van der Waals surface area (Å²) in [6.07, 6.45) is 3.77. The van der Waals surface area contributed by atoms with E-state index in [4.69, 9.17) is 0 Å². The molecule has 1 aliphatic rings. The zero-order valence-corrected chi connectivity index (χ0v) is 11.4. The molecule has 1 fully saturated rings. The van der Waals surface area contributed by atoms with Crippen LogP contribution in [-0.4, -0.2) is 13.1 Å². The third kappa shape index (κ3) is 2.40. The Hall–Kier alpha value is -0.820. The first-order valence-corrected chi connectivity index (χ1v) is 7.07. The van der Waals surface area contributed by atoms with Crippen molar-refractivity contribution in [2.45, 2.75) is 45.4 Å². The molecule has 0 amide bonds. The summed E-state index contributed by atoms with van der Waals surface area (Å²) in [5.74, 6) is 0.847. The normalized spacial score (nSPS) is 27.1. The maximum Gasteiger partial charge on any atom is -0.000554 e. The highest BCUT2D eigenvalue weighted by atomic mass is 14.9. The molecule has 1 aromatic rings. The van der Waals surface area contributed by atoms with Gasteiger partial charge in [0.05, 0.1) is 0 Å². The summed E-state index contributed by atoms with van der Waals surface area (Å²) >= 11 is 0. The molecule has 1 aliphatic carbocycles. The van der Waals surface area contributed by atoms with Gasteiger partial charge in [0, 0.05) is 0 Å². The molecular weight excluding hydrogens is 206 g/mol. The Morgan fingerprint density at radius 1 is 1.18 bits per heavy atom. The van der Waals surface area contributed by atoms with Crippen LogP contribution in [0, 0.1) is 5.92 Å². The van der Waals surface area contributed by atoms with Crippen molar-refractivity contribution in [3.8, 4) is 0 Å². The quantitative estimate of drug-likeness (QED) is 0.790. The lowest BCUT2D eigenvalue weighted by molar-refractivity contribution is 0.546. The first kappa shape index (κ1) is 12.6. The van der Waals surface area contributed by atoms with Gasteiger partial charge >= 0.3 is 0 Å². The Bertz CT molecular complexity index is 354. The van der Waals surface area contributed by atoms with E-state index in [-0.39, 0.29) is 0 Å². The van der Waals surface area contributed by atoms with Gasteiger partial charge in [0.25, 0.3) is 0 Å². The number of benzene rings is 1. The second kappa shape index (κ2) is 5.22. The fourth-order valence-corrected chi connectivity index (χ4v) is 3.03. The van der Waals surface area contributed by atoms with Crippen LogP contribution in [0.15, 0.2) is 24.3 Å². The molecule has 1 N–H and O–H groups in total. The van der Waals surface area contributed by atoms with Crippen LogP contribution in [0.1, 0.15) is 44.7 Å². The van der Waals surface area contributed by atoms with E-state index >= 15 is 0 Å². The molecule has 0 spiro atoms. The Morgan fingerprint density at radius 2 is 1.88 bits per heavy atom. The third-order valence-electron chi connectivity index (χ3n) is 4.44. The molecular formula is C16H25N. The van der Waals surface area contributed by atoms with Crippen molar-refractivity contribution in [1.29, 1.82) is 0 Å². The molecule has 1 nitrogen and oxygen atoms in total. The zero-order chi connectivity index (χ0) is 12.3. The molecule has 0 radical (unpaired) electrons. The summed E-state index contributed by atoms with van der Waals surface area (Å²) in [6, 6.07) is 9.31. The minimum Gasteiger partial charge on any atom is -0.317 e. The fraction of sp³-hybridized carbons (Fsp3) is 0.625. The van der Waals surface area contributed by atoms with Crippen LogP contribution in [0.2, 0.25) is 0 Å². The van der Waals surface area contributed by atoms with Crippen LogP contribution in [-0.2, 0) is 11.8 Å². The molecule has 0 aromatic heterocycles.